The van der Waals surface area contributed by atoms with E-state index in [9.17, 15) is 0 Å². The molecule has 0 heterocycles. The Bertz CT molecular complexity index is 403. The van der Waals surface area contributed by atoms with Crippen LogP contribution in [0.5, 0.6) is 5.75 Å². The van der Waals surface area contributed by atoms with E-state index in [0.717, 1.165) is 29.8 Å². The van der Waals surface area contributed by atoms with E-state index in [1.807, 2.05) is 24.3 Å². The van der Waals surface area contributed by atoms with Crippen molar-refractivity contribution in [1.29, 1.82) is 0 Å². The van der Waals surface area contributed by atoms with E-state index in [1.165, 1.54) is 19.3 Å². The van der Waals surface area contributed by atoms with Gasteiger partial charge < -0.3 is 10.1 Å². The predicted octanol–water partition coefficient (Wildman–Crippen LogP) is 4.39. The molecule has 0 aromatic heterocycles. The monoisotopic (exact) mass is 325 g/mol. The molecule has 19 heavy (non-hydrogen) atoms. The van der Waals surface area contributed by atoms with Crippen LogP contribution < -0.4 is 10.1 Å². The molecule has 0 spiro atoms. The van der Waals surface area contributed by atoms with Crippen LogP contribution in [0.2, 0.25) is 0 Å². The maximum absolute atomic E-state index is 5.86. The molecule has 1 aromatic rings. The van der Waals surface area contributed by atoms with Gasteiger partial charge in [0.25, 0.3) is 0 Å². The Hall–Kier alpha value is -0.540. The maximum Gasteiger partial charge on any atom is 0.120 e. The average molecular weight is 326 g/mol. The number of hydrogen-bond acceptors (Lipinski definition) is 2. The summed E-state index contributed by atoms with van der Waals surface area (Å²) in [6, 6.07) is 8.68. The van der Waals surface area contributed by atoms with Crippen LogP contribution in [0.3, 0.4) is 0 Å². The Labute approximate surface area is 125 Å². The first-order valence-corrected chi connectivity index (χ1v) is 8.07. The molecule has 2 nitrogen and oxygen atoms in total. The van der Waals surface area contributed by atoms with Crippen LogP contribution in [0.1, 0.15) is 39.5 Å². The first-order valence-electron chi connectivity index (χ1n) is 7.28. The van der Waals surface area contributed by atoms with Gasteiger partial charge in [-0.25, -0.2) is 0 Å². The van der Waals surface area contributed by atoms with Gasteiger partial charge in [-0.2, -0.15) is 0 Å². The van der Waals surface area contributed by atoms with Crippen molar-refractivity contribution in [3.8, 4) is 5.75 Å². The van der Waals surface area contributed by atoms with Crippen molar-refractivity contribution in [3.05, 3.63) is 28.7 Å². The predicted molar refractivity (Wildman–Crippen MR) is 83.7 cm³/mol. The van der Waals surface area contributed by atoms with Crippen molar-refractivity contribution < 1.29 is 4.74 Å². The third-order valence-corrected chi connectivity index (χ3v) is 4.67. The molecule has 0 amide bonds. The summed E-state index contributed by atoms with van der Waals surface area (Å²) in [6.45, 7) is 6.47. The normalized spacial score (nSPS) is 18.1. The number of rotatable bonds is 8. The van der Waals surface area contributed by atoms with Crippen LogP contribution in [0.4, 0.5) is 0 Å². The second-order valence-corrected chi connectivity index (χ2v) is 6.51. The Morgan fingerprint density at radius 3 is 2.84 bits per heavy atom. The zero-order valence-electron chi connectivity index (χ0n) is 11.9. The van der Waals surface area contributed by atoms with Gasteiger partial charge >= 0.3 is 0 Å². The standard InChI is InChI=1S/C16H24BrNO/c1-3-10-18-13(2)16(7-8-16)9-11-19-15-6-4-5-14(17)12-15/h4-6,12-13,18H,3,7-11H2,1-2H3. The fourth-order valence-electron chi connectivity index (χ4n) is 2.57. The lowest BCUT2D eigenvalue weighted by atomic mass is 9.94. The summed E-state index contributed by atoms with van der Waals surface area (Å²) in [5, 5.41) is 3.63. The smallest absolute Gasteiger partial charge is 0.120 e. The fraction of sp³-hybridized carbons (Fsp3) is 0.625. The van der Waals surface area contributed by atoms with Gasteiger partial charge in [0.05, 0.1) is 6.61 Å². The summed E-state index contributed by atoms with van der Waals surface area (Å²) in [5.41, 5.74) is 0.487. The summed E-state index contributed by atoms with van der Waals surface area (Å²) in [7, 11) is 0. The van der Waals surface area contributed by atoms with Gasteiger partial charge in [-0.1, -0.05) is 28.9 Å². The number of nitrogens with one attached hydrogen (secondary N) is 1. The zero-order valence-corrected chi connectivity index (χ0v) is 13.5. The highest BCUT2D eigenvalue weighted by Gasteiger charge is 2.46. The molecule has 0 bridgehead atoms. The maximum atomic E-state index is 5.86. The SMILES string of the molecule is CCCNC(C)C1(CCOc2cccc(Br)c2)CC1. The van der Waals surface area contributed by atoms with E-state index in [1.54, 1.807) is 0 Å². The molecule has 2 rings (SSSR count). The van der Waals surface area contributed by atoms with E-state index in [-0.39, 0.29) is 0 Å². The zero-order chi connectivity index (χ0) is 13.7. The summed E-state index contributed by atoms with van der Waals surface area (Å²) in [6.07, 6.45) is 5.03. The van der Waals surface area contributed by atoms with Gasteiger partial charge in [0.1, 0.15) is 5.75 Å². The second-order valence-electron chi connectivity index (χ2n) is 5.59. The Morgan fingerprint density at radius 1 is 1.42 bits per heavy atom. The van der Waals surface area contributed by atoms with Crippen LogP contribution in [0.15, 0.2) is 28.7 Å². The first kappa shape index (κ1) is 14.9. The number of halogens is 1. The van der Waals surface area contributed by atoms with Gasteiger partial charge in [-0.3, -0.25) is 0 Å². The quantitative estimate of drug-likeness (QED) is 0.765. The molecule has 1 aliphatic rings. The van der Waals surface area contributed by atoms with Crippen molar-refractivity contribution in [2.24, 2.45) is 5.41 Å². The van der Waals surface area contributed by atoms with E-state index in [2.05, 4.69) is 35.1 Å². The largest absolute Gasteiger partial charge is 0.494 e. The van der Waals surface area contributed by atoms with Crippen molar-refractivity contribution in [2.75, 3.05) is 13.2 Å². The van der Waals surface area contributed by atoms with E-state index in [4.69, 9.17) is 4.74 Å². The van der Waals surface area contributed by atoms with Crippen LogP contribution in [-0.4, -0.2) is 19.2 Å². The van der Waals surface area contributed by atoms with Gasteiger partial charge in [0.2, 0.25) is 0 Å². The lowest BCUT2D eigenvalue weighted by molar-refractivity contribution is 0.238. The van der Waals surface area contributed by atoms with Crippen LogP contribution in [0.25, 0.3) is 0 Å². The minimum absolute atomic E-state index is 0.487. The lowest BCUT2D eigenvalue weighted by Crippen LogP contribution is -2.36. The van der Waals surface area contributed by atoms with Crippen molar-refractivity contribution >= 4 is 15.9 Å². The summed E-state index contributed by atoms with van der Waals surface area (Å²) >= 11 is 3.47. The molecule has 0 aliphatic heterocycles. The van der Waals surface area contributed by atoms with Crippen LogP contribution >= 0.6 is 15.9 Å². The molecule has 106 valence electrons. The third kappa shape index (κ3) is 4.22. The van der Waals surface area contributed by atoms with Crippen molar-refractivity contribution in [3.63, 3.8) is 0 Å². The molecule has 1 unspecified atom stereocenters. The van der Waals surface area contributed by atoms with Crippen LogP contribution in [0, 0.1) is 5.41 Å². The summed E-state index contributed by atoms with van der Waals surface area (Å²) in [4.78, 5) is 0. The minimum Gasteiger partial charge on any atom is -0.494 e. The van der Waals surface area contributed by atoms with E-state index < -0.39 is 0 Å². The number of ether oxygens (including phenoxy) is 1. The molecule has 1 atom stereocenters. The fourth-order valence-corrected chi connectivity index (χ4v) is 2.94. The molecule has 0 radical (unpaired) electrons. The third-order valence-electron chi connectivity index (χ3n) is 4.18. The van der Waals surface area contributed by atoms with E-state index >= 15 is 0 Å². The first-order chi connectivity index (χ1) is 9.16. The molecule has 1 aromatic carbocycles. The van der Waals surface area contributed by atoms with Crippen LogP contribution in [-0.2, 0) is 0 Å². The molecule has 0 saturated heterocycles. The molecular weight excluding hydrogens is 302 g/mol. The molecule has 1 aliphatic carbocycles. The Morgan fingerprint density at radius 2 is 2.21 bits per heavy atom. The van der Waals surface area contributed by atoms with Gasteiger partial charge in [-0.05, 0) is 62.8 Å². The van der Waals surface area contributed by atoms with Crippen molar-refractivity contribution in [1.82, 2.24) is 5.32 Å². The average Bonchev–Trinajstić information content (AvgIpc) is 3.17. The topological polar surface area (TPSA) is 21.3 Å². The number of hydrogen-bond donors (Lipinski definition) is 1. The van der Waals surface area contributed by atoms with E-state index in [0.29, 0.717) is 11.5 Å². The van der Waals surface area contributed by atoms with Gasteiger partial charge in [0.15, 0.2) is 0 Å². The highest BCUT2D eigenvalue weighted by atomic mass is 79.9. The highest BCUT2D eigenvalue weighted by Crippen LogP contribution is 2.51. The number of benzene rings is 1. The minimum atomic E-state index is 0.487. The van der Waals surface area contributed by atoms with Crippen molar-refractivity contribution in [2.45, 2.75) is 45.6 Å². The molecule has 3 heteroatoms. The molecular formula is C16H24BrNO. The highest BCUT2D eigenvalue weighted by molar-refractivity contribution is 9.10. The van der Waals surface area contributed by atoms with Gasteiger partial charge in [0, 0.05) is 10.5 Å². The summed E-state index contributed by atoms with van der Waals surface area (Å²) in [5.74, 6) is 0.958. The molecule has 1 N–H and O–H groups in total. The lowest BCUT2D eigenvalue weighted by Gasteiger charge is -2.24. The molecule has 1 fully saturated rings. The summed E-state index contributed by atoms with van der Waals surface area (Å²) < 4.78 is 6.93. The second kappa shape index (κ2) is 6.76. The Kier molecular flexibility index (Phi) is 5.28. The molecule has 1 saturated carbocycles. The van der Waals surface area contributed by atoms with Gasteiger partial charge in [-0.15, -0.1) is 0 Å². The Balaban J connectivity index is 1.76.